The van der Waals surface area contributed by atoms with Crippen molar-refractivity contribution in [1.29, 1.82) is 0 Å². The van der Waals surface area contributed by atoms with Crippen LogP contribution < -0.4 is 5.32 Å². The predicted octanol–water partition coefficient (Wildman–Crippen LogP) is 3.26. The second kappa shape index (κ2) is 9.05. The first-order valence-electron chi connectivity index (χ1n) is 10.00. The van der Waals surface area contributed by atoms with Gasteiger partial charge in [-0.3, -0.25) is 9.59 Å². The standard InChI is InChI=1S/C23H26N4O4S/c1-15-10-16(2)12-20(11-15)27-22(13-17(3)25-27)24-23(29)14-26(5)32(30,31)21-8-6-19(7-9-21)18(4)28/h6-13H,14H2,1-5H3,(H,24,29). The van der Waals surface area contributed by atoms with Gasteiger partial charge < -0.3 is 5.32 Å². The van der Waals surface area contributed by atoms with Crippen molar-refractivity contribution in [3.63, 3.8) is 0 Å². The lowest BCUT2D eigenvalue weighted by Crippen LogP contribution is -2.35. The molecule has 2 aromatic carbocycles. The number of hydrogen-bond acceptors (Lipinski definition) is 5. The van der Waals surface area contributed by atoms with Crippen LogP contribution in [0.3, 0.4) is 0 Å². The Morgan fingerprint density at radius 3 is 2.16 bits per heavy atom. The third-order valence-electron chi connectivity index (χ3n) is 4.89. The lowest BCUT2D eigenvalue weighted by Gasteiger charge is -2.17. The molecule has 168 valence electrons. The summed E-state index contributed by atoms with van der Waals surface area (Å²) >= 11 is 0. The van der Waals surface area contributed by atoms with Crippen molar-refractivity contribution in [3.05, 3.63) is 70.9 Å². The SMILES string of the molecule is CC(=O)c1ccc(S(=O)(=O)N(C)CC(=O)Nc2cc(C)nn2-c2cc(C)cc(C)c2)cc1. The summed E-state index contributed by atoms with van der Waals surface area (Å²) in [6, 6.07) is 13.3. The summed E-state index contributed by atoms with van der Waals surface area (Å²) in [6.07, 6.45) is 0. The molecular weight excluding hydrogens is 428 g/mol. The molecule has 0 spiro atoms. The van der Waals surface area contributed by atoms with Crippen molar-refractivity contribution >= 4 is 27.5 Å². The van der Waals surface area contributed by atoms with E-state index in [1.807, 2.05) is 39.0 Å². The third-order valence-corrected chi connectivity index (χ3v) is 6.70. The minimum Gasteiger partial charge on any atom is -0.309 e. The van der Waals surface area contributed by atoms with Gasteiger partial charge >= 0.3 is 0 Å². The maximum Gasteiger partial charge on any atom is 0.243 e. The number of ketones is 1. The van der Waals surface area contributed by atoms with Crippen molar-refractivity contribution in [2.24, 2.45) is 0 Å². The second-order valence-corrected chi connectivity index (χ2v) is 9.86. The van der Waals surface area contributed by atoms with Crippen molar-refractivity contribution < 1.29 is 18.0 Å². The van der Waals surface area contributed by atoms with E-state index in [-0.39, 0.29) is 17.2 Å². The molecule has 1 heterocycles. The van der Waals surface area contributed by atoms with Crippen molar-refractivity contribution in [1.82, 2.24) is 14.1 Å². The fourth-order valence-corrected chi connectivity index (χ4v) is 4.50. The van der Waals surface area contributed by atoms with Gasteiger partial charge in [-0.05, 0) is 63.1 Å². The van der Waals surface area contributed by atoms with E-state index < -0.39 is 15.9 Å². The highest BCUT2D eigenvalue weighted by Gasteiger charge is 2.24. The summed E-state index contributed by atoms with van der Waals surface area (Å²) in [5.41, 5.74) is 4.06. The third kappa shape index (κ3) is 5.12. The zero-order chi connectivity index (χ0) is 23.6. The van der Waals surface area contributed by atoms with Crippen LogP contribution in [-0.2, 0) is 14.8 Å². The number of anilines is 1. The van der Waals surface area contributed by atoms with E-state index in [4.69, 9.17) is 0 Å². The zero-order valence-electron chi connectivity index (χ0n) is 18.7. The number of carbonyl (C=O) groups excluding carboxylic acids is 2. The number of rotatable bonds is 7. The Kier molecular flexibility index (Phi) is 6.61. The smallest absolute Gasteiger partial charge is 0.243 e. The Hall–Kier alpha value is -3.30. The molecule has 3 aromatic rings. The van der Waals surface area contributed by atoms with Crippen molar-refractivity contribution in [2.75, 3.05) is 18.9 Å². The van der Waals surface area contributed by atoms with Crippen LogP contribution in [0.2, 0.25) is 0 Å². The highest BCUT2D eigenvalue weighted by Crippen LogP contribution is 2.20. The molecule has 1 N–H and O–H groups in total. The number of benzene rings is 2. The summed E-state index contributed by atoms with van der Waals surface area (Å²) in [5, 5.41) is 7.21. The molecule has 0 saturated carbocycles. The van der Waals surface area contributed by atoms with Gasteiger partial charge in [0.15, 0.2) is 5.78 Å². The number of nitrogens with one attached hydrogen (secondary N) is 1. The summed E-state index contributed by atoms with van der Waals surface area (Å²) in [4.78, 5) is 24.1. The number of sulfonamides is 1. The molecule has 0 fully saturated rings. The monoisotopic (exact) mass is 454 g/mol. The van der Waals surface area contributed by atoms with Crippen LogP contribution in [0, 0.1) is 20.8 Å². The molecule has 0 aliphatic heterocycles. The number of likely N-dealkylation sites (N-methyl/N-ethyl adjacent to an activating group) is 1. The summed E-state index contributed by atoms with van der Waals surface area (Å²) in [6.45, 7) is 6.80. The van der Waals surface area contributed by atoms with Gasteiger partial charge in [-0.15, -0.1) is 0 Å². The molecule has 9 heteroatoms. The Morgan fingerprint density at radius 1 is 1.00 bits per heavy atom. The molecule has 1 amide bonds. The second-order valence-electron chi connectivity index (χ2n) is 7.82. The Balaban J connectivity index is 1.78. The number of hydrogen-bond donors (Lipinski definition) is 1. The van der Waals surface area contributed by atoms with Gasteiger partial charge in [-0.1, -0.05) is 18.2 Å². The Morgan fingerprint density at radius 2 is 1.59 bits per heavy atom. The fraction of sp³-hybridized carbons (Fsp3) is 0.261. The molecule has 1 aromatic heterocycles. The van der Waals surface area contributed by atoms with Gasteiger partial charge in [0.2, 0.25) is 15.9 Å². The van der Waals surface area contributed by atoms with E-state index in [0.29, 0.717) is 17.1 Å². The average molecular weight is 455 g/mol. The fourth-order valence-electron chi connectivity index (χ4n) is 3.37. The van der Waals surface area contributed by atoms with E-state index in [9.17, 15) is 18.0 Å². The van der Waals surface area contributed by atoms with Gasteiger partial charge in [0.1, 0.15) is 5.82 Å². The number of carbonyl (C=O) groups is 2. The van der Waals surface area contributed by atoms with Crippen LogP contribution in [0.4, 0.5) is 5.82 Å². The number of nitrogens with zero attached hydrogens (tertiary/aromatic N) is 3. The molecule has 0 unspecified atom stereocenters. The summed E-state index contributed by atoms with van der Waals surface area (Å²) in [5.74, 6) is -0.201. The summed E-state index contributed by atoms with van der Waals surface area (Å²) in [7, 11) is -2.56. The van der Waals surface area contributed by atoms with Crippen LogP contribution in [0.25, 0.3) is 5.69 Å². The van der Waals surface area contributed by atoms with E-state index in [2.05, 4.69) is 10.4 Å². The predicted molar refractivity (Wildman–Crippen MR) is 123 cm³/mol. The van der Waals surface area contributed by atoms with Crippen LogP contribution in [0.15, 0.2) is 53.4 Å². The van der Waals surface area contributed by atoms with E-state index >= 15 is 0 Å². The molecule has 32 heavy (non-hydrogen) atoms. The van der Waals surface area contributed by atoms with Gasteiger partial charge in [0.25, 0.3) is 0 Å². The number of aromatic nitrogens is 2. The van der Waals surface area contributed by atoms with E-state index in [1.165, 1.54) is 38.2 Å². The first-order valence-corrected chi connectivity index (χ1v) is 11.4. The lowest BCUT2D eigenvalue weighted by atomic mass is 10.1. The molecule has 0 atom stereocenters. The average Bonchev–Trinajstić information content (AvgIpc) is 3.07. The maximum atomic E-state index is 12.8. The molecule has 0 aliphatic rings. The molecule has 8 nitrogen and oxygen atoms in total. The molecule has 3 rings (SSSR count). The van der Waals surface area contributed by atoms with Gasteiger partial charge in [-0.25, -0.2) is 13.1 Å². The first kappa shape index (κ1) is 23.4. The van der Waals surface area contributed by atoms with Crippen molar-refractivity contribution in [2.45, 2.75) is 32.6 Å². The van der Waals surface area contributed by atoms with Crippen LogP contribution in [0.5, 0.6) is 0 Å². The van der Waals surface area contributed by atoms with Gasteiger partial charge in [-0.2, -0.15) is 9.40 Å². The molecule has 0 radical (unpaired) electrons. The quantitative estimate of drug-likeness (QED) is 0.552. The molecule has 0 bridgehead atoms. The number of aryl methyl sites for hydroxylation is 3. The normalized spacial score (nSPS) is 11.6. The number of Topliss-reactive ketones (excluding diaryl/α,β-unsaturated/α-hetero) is 1. The van der Waals surface area contributed by atoms with Crippen LogP contribution in [0.1, 0.15) is 34.1 Å². The van der Waals surface area contributed by atoms with Gasteiger partial charge in [0, 0.05) is 18.7 Å². The molecule has 0 aliphatic carbocycles. The zero-order valence-corrected chi connectivity index (χ0v) is 19.5. The molecule has 0 saturated heterocycles. The highest BCUT2D eigenvalue weighted by atomic mass is 32.2. The Bertz CT molecular complexity index is 1260. The minimum absolute atomic E-state index is 0.00826. The summed E-state index contributed by atoms with van der Waals surface area (Å²) < 4.78 is 28.2. The van der Waals surface area contributed by atoms with Gasteiger partial charge in [0.05, 0.1) is 22.8 Å². The molecular formula is C23H26N4O4S. The number of amides is 1. The first-order chi connectivity index (χ1) is 15.0. The largest absolute Gasteiger partial charge is 0.309 e. The minimum atomic E-state index is -3.90. The van der Waals surface area contributed by atoms with E-state index in [1.54, 1.807) is 10.7 Å². The van der Waals surface area contributed by atoms with Crippen molar-refractivity contribution in [3.8, 4) is 5.69 Å². The Labute approximate surface area is 187 Å². The van der Waals surface area contributed by atoms with E-state index in [0.717, 1.165) is 21.1 Å². The highest BCUT2D eigenvalue weighted by molar-refractivity contribution is 7.89. The lowest BCUT2D eigenvalue weighted by molar-refractivity contribution is -0.116. The van der Waals surface area contributed by atoms with Crippen LogP contribution in [-0.4, -0.2) is 47.8 Å². The maximum absolute atomic E-state index is 12.8. The van der Waals surface area contributed by atoms with Crippen LogP contribution >= 0.6 is 0 Å². The topological polar surface area (TPSA) is 101 Å².